The van der Waals surface area contributed by atoms with E-state index >= 15 is 0 Å². The molecule has 0 radical (unpaired) electrons. The smallest absolute Gasteiger partial charge is 0.377 e. The van der Waals surface area contributed by atoms with Crippen LogP contribution in [0.15, 0.2) is 0 Å². The Morgan fingerprint density at radius 2 is 2.23 bits per heavy atom. The van der Waals surface area contributed by atoms with Gasteiger partial charge in [0.15, 0.2) is 0 Å². The van der Waals surface area contributed by atoms with E-state index in [1.165, 1.54) is 0 Å². The molecule has 2 nitrogen and oxygen atoms in total. The van der Waals surface area contributed by atoms with Crippen LogP contribution in [0.5, 0.6) is 0 Å². The first kappa shape index (κ1) is 10.8. The molecule has 0 spiro atoms. The maximum Gasteiger partial charge on any atom is 0.401 e. The van der Waals surface area contributed by atoms with Crippen LogP contribution in [0.4, 0.5) is 13.2 Å². The van der Waals surface area contributed by atoms with E-state index in [0.29, 0.717) is 6.61 Å². The average Bonchev–Trinajstić information content (AvgIpc) is 2.50. The lowest BCUT2D eigenvalue weighted by Gasteiger charge is -2.20. The van der Waals surface area contributed by atoms with Crippen molar-refractivity contribution >= 4 is 0 Å². The SMILES string of the molecule is CC(NCC(F)(F)F)C1CCCO1. The van der Waals surface area contributed by atoms with Gasteiger partial charge in [-0.25, -0.2) is 0 Å². The van der Waals surface area contributed by atoms with E-state index in [0.717, 1.165) is 12.8 Å². The first-order valence-electron chi connectivity index (χ1n) is 4.41. The van der Waals surface area contributed by atoms with Crippen LogP contribution in [0, 0.1) is 0 Å². The van der Waals surface area contributed by atoms with Crippen molar-refractivity contribution in [3.63, 3.8) is 0 Å². The maximum absolute atomic E-state index is 11.8. The zero-order chi connectivity index (χ0) is 9.90. The second-order valence-corrected chi connectivity index (χ2v) is 3.34. The van der Waals surface area contributed by atoms with Gasteiger partial charge in [-0.2, -0.15) is 13.2 Å². The minimum absolute atomic E-state index is 0.0534. The van der Waals surface area contributed by atoms with Gasteiger partial charge in [-0.1, -0.05) is 0 Å². The molecule has 0 aromatic carbocycles. The highest BCUT2D eigenvalue weighted by Gasteiger charge is 2.30. The Kier molecular flexibility index (Phi) is 3.55. The molecule has 0 aromatic rings. The quantitative estimate of drug-likeness (QED) is 0.743. The summed E-state index contributed by atoms with van der Waals surface area (Å²) in [5, 5.41) is 2.41. The van der Waals surface area contributed by atoms with Gasteiger partial charge in [-0.3, -0.25) is 0 Å². The van der Waals surface area contributed by atoms with Crippen molar-refractivity contribution in [2.45, 2.75) is 38.1 Å². The molecule has 1 aliphatic heterocycles. The van der Waals surface area contributed by atoms with Gasteiger partial charge in [-0.15, -0.1) is 0 Å². The standard InChI is InChI=1S/C8H14F3NO/c1-6(7-3-2-4-13-7)12-5-8(9,10)11/h6-7,12H,2-5H2,1H3. The number of hydrogen-bond donors (Lipinski definition) is 1. The molecule has 1 heterocycles. The molecule has 5 heteroatoms. The predicted octanol–water partition coefficient (Wildman–Crippen LogP) is 1.71. The van der Waals surface area contributed by atoms with Crippen molar-refractivity contribution < 1.29 is 17.9 Å². The maximum atomic E-state index is 11.8. The van der Waals surface area contributed by atoms with Crippen molar-refractivity contribution in [3.05, 3.63) is 0 Å². The van der Waals surface area contributed by atoms with Crippen LogP contribution in [0.1, 0.15) is 19.8 Å². The van der Waals surface area contributed by atoms with E-state index in [1.807, 2.05) is 0 Å². The third kappa shape index (κ3) is 3.95. The van der Waals surface area contributed by atoms with Crippen molar-refractivity contribution in [3.8, 4) is 0 Å². The lowest BCUT2D eigenvalue weighted by atomic mass is 10.1. The Hall–Kier alpha value is -0.290. The summed E-state index contributed by atoms with van der Waals surface area (Å²) in [6, 6.07) is -0.218. The zero-order valence-electron chi connectivity index (χ0n) is 7.53. The van der Waals surface area contributed by atoms with Crippen LogP contribution >= 0.6 is 0 Å². The Balaban J connectivity index is 2.20. The van der Waals surface area contributed by atoms with E-state index < -0.39 is 12.7 Å². The summed E-state index contributed by atoms with van der Waals surface area (Å²) < 4.78 is 40.6. The van der Waals surface area contributed by atoms with Gasteiger partial charge >= 0.3 is 6.18 Å². The summed E-state index contributed by atoms with van der Waals surface area (Å²) >= 11 is 0. The molecule has 1 rings (SSSR count). The average molecular weight is 197 g/mol. The van der Waals surface area contributed by atoms with Crippen LogP contribution in [0.2, 0.25) is 0 Å². The number of rotatable bonds is 3. The summed E-state index contributed by atoms with van der Waals surface area (Å²) in [4.78, 5) is 0. The lowest BCUT2D eigenvalue weighted by Crippen LogP contribution is -2.41. The fourth-order valence-corrected chi connectivity index (χ4v) is 1.41. The van der Waals surface area contributed by atoms with E-state index in [1.54, 1.807) is 6.92 Å². The molecule has 0 bridgehead atoms. The third-order valence-electron chi connectivity index (χ3n) is 2.15. The highest BCUT2D eigenvalue weighted by atomic mass is 19.4. The lowest BCUT2D eigenvalue weighted by molar-refractivity contribution is -0.127. The van der Waals surface area contributed by atoms with Crippen LogP contribution in [-0.4, -0.2) is 31.5 Å². The molecule has 2 unspecified atom stereocenters. The summed E-state index contributed by atoms with van der Waals surface area (Å²) in [6.07, 6.45) is -2.39. The monoisotopic (exact) mass is 197 g/mol. The number of ether oxygens (including phenoxy) is 1. The van der Waals surface area contributed by atoms with Crippen LogP contribution in [-0.2, 0) is 4.74 Å². The van der Waals surface area contributed by atoms with Crippen molar-refractivity contribution in [2.75, 3.05) is 13.2 Å². The molecular formula is C8H14F3NO. The number of alkyl halides is 3. The van der Waals surface area contributed by atoms with Gasteiger partial charge in [0.2, 0.25) is 0 Å². The summed E-state index contributed by atoms with van der Waals surface area (Å²) in [5.41, 5.74) is 0. The fourth-order valence-electron chi connectivity index (χ4n) is 1.41. The molecule has 1 N–H and O–H groups in total. The molecule has 1 aliphatic rings. The van der Waals surface area contributed by atoms with E-state index in [2.05, 4.69) is 5.32 Å². The summed E-state index contributed by atoms with van der Waals surface area (Å²) in [6.45, 7) is 1.46. The molecule has 0 amide bonds. The summed E-state index contributed by atoms with van der Waals surface area (Å²) in [7, 11) is 0. The van der Waals surface area contributed by atoms with Gasteiger partial charge in [0.1, 0.15) is 0 Å². The van der Waals surface area contributed by atoms with Gasteiger partial charge in [0.05, 0.1) is 12.6 Å². The number of nitrogens with one attached hydrogen (secondary N) is 1. The third-order valence-corrected chi connectivity index (χ3v) is 2.15. The first-order chi connectivity index (χ1) is 5.99. The second-order valence-electron chi connectivity index (χ2n) is 3.34. The molecular weight excluding hydrogens is 183 g/mol. The Labute approximate surface area is 75.4 Å². The molecule has 13 heavy (non-hydrogen) atoms. The first-order valence-corrected chi connectivity index (χ1v) is 4.41. The minimum Gasteiger partial charge on any atom is -0.377 e. The topological polar surface area (TPSA) is 21.3 Å². The molecule has 0 saturated carbocycles. The van der Waals surface area contributed by atoms with Gasteiger partial charge < -0.3 is 10.1 Å². The van der Waals surface area contributed by atoms with E-state index in [4.69, 9.17) is 4.74 Å². The molecule has 78 valence electrons. The summed E-state index contributed by atoms with van der Waals surface area (Å²) in [5.74, 6) is 0. The van der Waals surface area contributed by atoms with Crippen LogP contribution < -0.4 is 5.32 Å². The molecule has 2 atom stereocenters. The van der Waals surface area contributed by atoms with Crippen molar-refractivity contribution in [2.24, 2.45) is 0 Å². The van der Waals surface area contributed by atoms with E-state index in [-0.39, 0.29) is 12.1 Å². The van der Waals surface area contributed by atoms with Crippen LogP contribution in [0.25, 0.3) is 0 Å². The normalized spacial score (nSPS) is 26.3. The van der Waals surface area contributed by atoms with E-state index in [9.17, 15) is 13.2 Å². The van der Waals surface area contributed by atoms with Gasteiger partial charge in [0, 0.05) is 12.6 Å². The minimum atomic E-state index is -4.13. The van der Waals surface area contributed by atoms with Crippen molar-refractivity contribution in [1.82, 2.24) is 5.32 Å². The molecule has 0 aliphatic carbocycles. The van der Waals surface area contributed by atoms with Crippen LogP contribution in [0.3, 0.4) is 0 Å². The van der Waals surface area contributed by atoms with Crippen molar-refractivity contribution in [1.29, 1.82) is 0 Å². The Morgan fingerprint density at radius 1 is 1.54 bits per heavy atom. The molecule has 1 fully saturated rings. The van der Waals surface area contributed by atoms with Gasteiger partial charge in [-0.05, 0) is 19.8 Å². The fraction of sp³-hybridized carbons (Fsp3) is 1.00. The second kappa shape index (κ2) is 4.28. The zero-order valence-corrected chi connectivity index (χ0v) is 7.53. The molecule has 1 saturated heterocycles. The van der Waals surface area contributed by atoms with Gasteiger partial charge in [0.25, 0.3) is 0 Å². The highest BCUT2D eigenvalue weighted by molar-refractivity contribution is 4.77. The highest BCUT2D eigenvalue weighted by Crippen LogP contribution is 2.17. The molecule has 0 aromatic heterocycles. The predicted molar refractivity (Wildman–Crippen MR) is 42.5 cm³/mol. The largest absolute Gasteiger partial charge is 0.401 e. The number of halogens is 3. The Morgan fingerprint density at radius 3 is 2.69 bits per heavy atom. The number of hydrogen-bond acceptors (Lipinski definition) is 2. The Bertz CT molecular complexity index is 154.